The van der Waals surface area contributed by atoms with Gasteiger partial charge < -0.3 is 9.90 Å². The van der Waals surface area contributed by atoms with E-state index in [-0.39, 0.29) is 18.3 Å². The van der Waals surface area contributed by atoms with Crippen LogP contribution in [0.5, 0.6) is 0 Å². The molecule has 0 rings (SSSR count). The third kappa shape index (κ3) is 2.27. The van der Waals surface area contributed by atoms with Gasteiger partial charge in [0.25, 0.3) is 0 Å². The highest BCUT2D eigenvalue weighted by molar-refractivity contribution is 5.81. The van der Waals surface area contributed by atoms with Gasteiger partial charge in [0.1, 0.15) is 12.1 Å². The molecule has 10 heavy (non-hydrogen) atoms. The number of aliphatic hydroxyl groups is 1. The van der Waals surface area contributed by atoms with E-state index in [2.05, 4.69) is 0 Å². The van der Waals surface area contributed by atoms with E-state index < -0.39 is 5.92 Å². The molecule has 0 aromatic carbocycles. The van der Waals surface area contributed by atoms with Crippen LogP contribution >= 0.6 is 0 Å². The number of carbonyl (C=O) groups is 2. The second-order valence-electron chi connectivity index (χ2n) is 2.39. The van der Waals surface area contributed by atoms with E-state index in [9.17, 15) is 9.59 Å². The highest BCUT2D eigenvalue weighted by Gasteiger charge is 2.19. The molecule has 0 amide bonds. The number of hydrogen-bond donors (Lipinski definition) is 1. The van der Waals surface area contributed by atoms with E-state index in [4.69, 9.17) is 5.11 Å². The Kier molecular flexibility index (Phi) is 3.88. The van der Waals surface area contributed by atoms with Crippen LogP contribution in [0.15, 0.2) is 0 Å². The summed E-state index contributed by atoms with van der Waals surface area (Å²) >= 11 is 0. The molecule has 0 aliphatic heterocycles. The number of aldehydes is 1. The molecule has 1 N–H and O–H groups in total. The molecule has 0 aromatic heterocycles. The molecule has 0 radical (unpaired) electrons. The van der Waals surface area contributed by atoms with Crippen molar-refractivity contribution in [3.63, 3.8) is 0 Å². The average molecular weight is 144 g/mol. The van der Waals surface area contributed by atoms with Crippen molar-refractivity contribution in [1.29, 1.82) is 0 Å². The highest BCUT2D eigenvalue weighted by Crippen LogP contribution is 2.08. The van der Waals surface area contributed by atoms with Crippen LogP contribution in [0.25, 0.3) is 0 Å². The van der Waals surface area contributed by atoms with E-state index in [1.807, 2.05) is 0 Å². The smallest absolute Gasteiger partial charge is 0.135 e. The lowest BCUT2D eigenvalue weighted by Gasteiger charge is -2.12. The quantitative estimate of drug-likeness (QED) is 0.566. The second kappa shape index (κ2) is 4.17. The minimum Gasteiger partial charge on any atom is -0.396 e. The SMILES string of the molecule is CC(=O)[C@H](CO)[C@@H](C)C=O. The molecule has 3 heteroatoms. The summed E-state index contributed by atoms with van der Waals surface area (Å²) in [7, 11) is 0. The molecule has 0 spiro atoms. The molecular weight excluding hydrogens is 132 g/mol. The van der Waals surface area contributed by atoms with E-state index in [0.29, 0.717) is 6.29 Å². The predicted octanol–water partition coefficient (Wildman–Crippen LogP) is 0.0189. The third-order valence-corrected chi connectivity index (χ3v) is 1.57. The maximum Gasteiger partial charge on any atom is 0.135 e. The van der Waals surface area contributed by atoms with Gasteiger partial charge in [0.05, 0.1) is 6.61 Å². The Balaban J connectivity index is 4.05. The van der Waals surface area contributed by atoms with Crippen molar-refractivity contribution in [2.24, 2.45) is 11.8 Å². The monoisotopic (exact) mass is 144 g/mol. The van der Waals surface area contributed by atoms with Crippen LogP contribution in [0, 0.1) is 11.8 Å². The normalized spacial score (nSPS) is 15.9. The molecule has 0 saturated heterocycles. The van der Waals surface area contributed by atoms with Gasteiger partial charge in [-0.3, -0.25) is 4.79 Å². The zero-order chi connectivity index (χ0) is 8.15. The molecule has 3 nitrogen and oxygen atoms in total. The second-order valence-corrected chi connectivity index (χ2v) is 2.39. The van der Waals surface area contributed by atoms with Crippen LogP contribution < -0.4 is 0 Å². The summed E-state index contributed by atoms with van der Waals surface area (Å²) in [6, 6.07) is 0. The van der Waals surface area contributed by atoms with E-state index >= 15 is 0 Å². The van der Waals surface area contributed by atoms with E-state index in [1.54, 1.807) is 6.92 Å². The lowest BCUT2D eigenvalue weighted by molar-refractivity contribution is -0.127. The van der Waals surface area contributed by atoms with Gasteiger partial charge in [-0.2, -0.15) is 0 Å². The lowest BCUT2D eigenvalue weighted by atomic mass is 9.93. The summed E-state index contributed by atoms with van der Waals surface area (Å²) in [5.74, 6) is -1.03. The molecular formula is C7H12O3. The predicted molar refractivity (Wildman–Crippen MR) is 36.5 cm³/mol. The van der Waals surface area contributed by atoms with Gasteiger partial charge in [0.2, 0.25) is 0 Å². The molecule has 58 valence electrons. The fourth-order valence-corrected chi connectivity index (χ4v) is 0.760. The first-order valence-electron chi connectivity index (χ1n) is 3.20. The molecule has 0 aliphatic rings. The van der Waals surface area contributed by atoms with Crippen LogP contribution in [0.2, 0.25) is 0 Å². The highest BCUT2D eigenvalue weighted by atomic mass is 16.3. The Morgan fingerprint density at radius 3 is 2.30 bits per heavy atom. The number of ketones is 1. The summed E-state index contributed by atoms with van der Waals surface area (Å²) in [6.45, 7) is 2.76. The summed E-state index contributed by atoms with van der Waals surface area (Å²) in [4.78, 5) is 20.8. The number of rotatable bonds is 4. The standard InChI is InChI=1S/C7H12O3/c1-5(3-8)7(4-9)6(2)10/h3,5,7,9H,4H2,1-2H3/t5-,7+/m0/s1. The number of Topliss-reactive ketones (excluding diaryl/α,β-unsaturated/α-hetero) is 1. The van der Waals surface area contributed by atoms with Crippen LogP contribution in [0.3, 0.4) is 0 Å². The first-order valence-corrected chi connectivity index (χ1v) is 3.20. The van der Waals surface area contributed by atoms with Crippen molar-refractivity contribution in [2.45, 2.75) is 13.8 Å². The molecule has 0 saturated carbocycles. The first-order chi connectivity index (χ1) is 4.63. The van der Waals surface area contributed by atoms with E-state index in [0.717, 1.165) is 0 Å². The van der Waals surface area contributed by atoms with Crippen molar-refractivity contribution < 1.29 is 14.7 Å². The van der Waals surface area contributed by atoms with Gasteiger partial charge in [-0.1, -0.05) is 6.92 Å². The first kappa shape index (κ1) is 9.30. The molecule has 0 bridgehead atoms. The molecule has 0 fully saturated rings. The Labute approximate surface area is 60.0 Å². The number of aliphatic hydroxyl groups excluding tert-OH is 1. The summed E-state index contributed by atoms with van der Waals surface area (Å²) in [5, 5.41) is 8.62. The van der Waals surface area contributed by atoms with Crippen LogP contribution in [-0.4, -0.2) is 23.8 Å². The maximum absolute atomic E-state index is 10.7. The maximum atomic E-state index is 10.7. The molecule has 2 atom stereocenters. The molecule has 0 unspecified atom stereocenters. The zero-order valence-electron chi connectivity index (χ0n) is 6.20. The van der Waals surface area contributed by atoms with Crippen molar-refractivity contribution in [2.75, 3.05) is 6.61 Å². The third-order valence-electron chi connectivity index (χ3n) is 1.57. The summed E-state index contributed by atoms with van der Waals surface area (Å²) < 4.78 is 0. The Morgan fingerprint density at radius 2 is 2.20 bits per heavy atom. The fourth-order valence-electron chi connectivity index (χ4n) is 0.760. The van der Waals surface area contributed by atoms with Crippen molar-refractivity contribution in [1.82, 2.24) is 0 Å². The van der Waals surface area contributed by atoms with Gasteiger partial charge in [-0.05, 0) is 6.92 Å². The lowest BCUT2D eigenvalue weighted by Crippen LogP contribution is -2.24. The van der Waals surface area contributed by atoms with Crippen LogP contribution in [-0.2, 0) is 9.59 Å². The number of hydrogen-bond acceptors (Lipinski definition) is 3. The molecule has 0 heterocycles. The topological polar surface area (TPSA) is 54.4 Å². The Bertz CT molecular complexity index is 131. The van der Waals surface area contributed by atoms with Crippen molar-refractivity contribution in [3.05, 3.63) is 0 Å². The Hall–Kier alpha value is -0.700. The van der Waals surface area contributed by atoms with Crippen LogP contribution in [0.4, 0.5) is 0 Å². The Morgan fingerprint density at radius 1 is 1.70 bits per heavy atom. The average Bonchev–Trinajstić information content (AvgIpc) is 1.88. The van der Waals surface area contributed by atoms with Crippen molar-refractivity contribution >= 4 is 12.1 Å². The fraction of sp³-hybridized carbons (Fsp3) is 0.714. The van der Waals surface area contributed by atoms with Gasteiger partial charge in [0.15, 0.2) is 0 Å². The largest absolute Gasteiger partial charge is 0.396 e. The van der Waals surface area contributed by atoms with Gasteiger partial charge in [0, 0.05) is 11.8 Å². The minimum absolute atomic E-state index is 0.137. The minimum atomic E-state index is -0.516. The zero-order valence-corrected chi connectivity index (χ0v) is 6.20. The van der Waals surface area contributed by atoms with Gasteiger partial charge in [-0.15, -0.1) is 0 Å². The van der Waals surface area contributed by atoms with Gasteiger partial charge >= 0.3 is 0 Å². The van der Waals surface area contributed by atoms with E-state index in [1.165, 1.54) is 6.92 Å². The van der Waals surface area contributed by atoms with Crippen LogP contribution in [0.1, 0.15) is 13.8 Å². The molecule has 0 aromatic rings. The number of carbonyl (C=O) groups excluding carboxylic acids is 2. The summed E-state index contributed by atoms with van der Waals surface area (Å²) in [5.41, 5.74) is 0. The van der Waals surface area contributed by atoms with Crippen molar-refractivity contribution in [3.8, 4) is 0 Å². The summed E-state index contributed by atoms with van der Waals surface area (Å²) in [6.07, 6.45) is 0.683. The molecule has 0 aliphatic carbocycles. The van der Waals surface area contributed by atoms with Gasteiger partial charge in [-0.25, -0.2) is 0 Å².